The van der Waals surface area contributed by atoms with Crippen LogP contribution in [0.25, 0.3) is 22.0 Å². The van der Waals surface area contributed by atoms with Crippen molar-refractivity contribution < 1.29 is 4.79 Å². The van der Waals surface area contributed by atoms with Crippen LogP contribution in [-0.4, -0.2) is 10.8 Å². The van der Waals surface area contributed by atoms with Gasteiger partial charge in [-0.1, -0.05) is 41.4 Å². The molecule has 1 unspecified atom stereocenters. The molecule has 0 amide bonds. The van der Waals surface area contributed by atoms with Gasteiger partial charge in [-0.2, -0.15) is 0 Å². The Kier molecular flexibility index (Phi) is 5.09. The molecule has 29 heavy (non-hydrogen) atoms. The van der Waals surface area contributed by atoms with Crippen LogP contribution in [-0.2, 0) is 17.6 Å². The summed E-state index contributed by atoms with van der Waals surface area (Å²) in [6.45, 7) is 0. The quantitative estimate of drug-likeness (QED) is 0.440. The number of hydrogen-bond acceptors (Lipinski definition) is 2. The fraction of sp³-hybridized carbons (Fsp3) is 0.360. The number of aromatic nitrogens is 1. The van der Waals surface area contributed by atoms with E-state index in [9.17, 15) is 4.79 Å². The number of ketones is 1. The standard InChI is InChI=1S/C25H23Cl2NO/c26-17-8-12-24-21(14-17)25(19-3-1-2-4-22(19)27)20-13-16(7-11-23(20)28-24)15-5-9-18(29)10-6-15/h1-4,8,12,14-16H,5-7,9-11,13H2. The highest BCUT2D eigenvalue weighted by Gasteiger charge is 2.32. The predicted octanol–water partition coefficient (Wildman–Crippen LogP) is 7.07. The van der Waals surface area contributed by atoms with Gasteiger partial charge in [0.15, 0.2) is 0 Å². The van der Waals surface area contributed by atoms with Crippen LogP contribution in [0, 0.1) is 11.8 Å². The lowest BCUT2D eigenvalue weighted by Crippen LogP contribution is -2.27. The van der Waals surface area contributed by atoms with Gasteiger partial charge in [0, 0.05) is 39.5 Å². The Bertz CT molecular complexity index is 1100. The Labute approximate surface area is 181 Å². The van der Waals surface area contributed by atoms with Crippen LogP contribution < -0.4 is 0 Å². The molecule has 1 saturated carbocycles. The summed E-state index contributed by atoms with van der Waals surface area (Å²) in [5, 5.41) is 2.54. The van der Waals surface area contributed by atoms with E-state index in [1.54, 1.807) is 0 Å². The molecular formula is C25H23Cl2NO. The largest absolute Gasteiger partial charge is 0.300 e. The van der Waals surface area contributed by atoms with Crippen LogP contribution in [0.1, 0.15) is 43.4 Å². The van der Waals surface area contributed by atoms with Crippen molar-refractivity contribution in [1.82, 2.24) is 4.98 Å². The lowest BCUT2D eigenvalue weighted by atomic mass is 9.71. The van der Waals surface area contributed by atoms with E-state index in [1.165, 1.54) is 16.8 Å². The summed E-state index contributed by atoms with van der Waals surface area (Å²) >= 11 is 13.0. The number of halogens is 2. The Hall–Kier alpha value is -1.90. The first-order chi connectivity index (χ1) is 14.1. The zero-order valence-electron chi connectivity index (χ0n) is 16.3. The fourth-order valence-electron chi connectivity index (χ4n) is 5.25. The number of rotatable bonds is 2. The number of hydrogen-bond donors (Lipinski definition) is 0. The number of pyridine rings is 1. The maximum atomic E-state index is 11.7. The molecule has 1 heterocycles. The Morgan fingerprint density at radius 3 is 2.45 bits per heavy atom. The summed E-state index contributed by atoms with van der Waals surface area (Å²) in [5.74, 6) is 1.67. The summed E-state index contributed by atoms with van der Waals surface area (Å²) in [4.78, 5) is 16.7. The minimum atomic E-state index is 0.427. The number of carbonyl (C=O) groups excluding carboxylic acids is 1. The van der Waals surface area contributed by atoms with Crippen LogP contribution >= 0.6 is 23.2 Å². The average molecular weight is 424 g/mol. The highest BCUT2D eigenvalue weighted by Crippen LogP contribution is 2.44. The van der Waals surface area contributed by atoms with Crippen molar-refractivity contribution in [3.05, 3.63) is 63.8 Å². The second-order valence-electron chi connectivity index (χ2n) is 8.43. The molecule has 148 valence electrons. The summed E-state index contributed by atoms with van der Waals surface area (Å²) in [7, 11) is 0. The van der Waals surface area contributed by atoms with Crippen LogP contribution in [0.4, 0.5) is 0 Å². The van der Waals surface area contributed by atoms with Crippen molar-refractivity contribution in [2.45, 2.75) is 44.9 Å². The Morgan fingerprint density at radius 2 is 1.66 bits per heavy atom. The third kappa shape index (κ3) is 3.58. The molecule has 0 aliphatic heterocycles. The lowest BCUT2D eigenvalue weighted by Gasteiger charge is -2.34. The Morgan fingerprint density at radius 1 is 0.897 bits per heavy atom. The zero-order chi connectivity index (χ0) is 20.0. The number of nitrogens with zero attached hydrogens (tertiary/aromatic N) is 1. The highest BCUT2D eigenvalue weighted by molar-refractivity contribution is 6.34. The van der Waals surface area contributed by atoms with Gasteiger partial charge in [0.2, 0.25) is 0 Å². The van der Waals surface area contributed by atoms with E-state index in [2.05, 4.69) is 6.07 Å². The number of aryl methyl sites for hydroxylation is 1. The van der Waals surface area contributed by atoms with Crippen LogP contribution in [0.3, 0.4) is 0 Å². The summed E-state index contributed by atoms with van der Waals surface area (Å²) in [5.41, 5.74) is 5.73. The molecule has 1 fully saturated rings. The minimum absolute atomic E-state index is 0.427. The normalized spacial score (nSPS) is 20.1. The van der Waals surface area contributed by atoms with Gasteiger partial charge >= 0.3 is 0 Å². The van der Waals surface area contributed by atoms with Crippen molar-refractivity contribution in [2.24, 2.45) is 11.8 Å². The second kappa shape index (κ2) is 7.74. The summed E-state index contributed by atoms with van der Waals surface area (Å²) in [6.07, 6.45) is 6.71. The topological polar surface area (TPSA) is 30.0 Å². The molecule has 0 N–H and O–H groups in total. The van der Waals surface area contributed by atoms with Crippen LogP contribution in [0.5, 0.6) is 0 Å². The van der Waals surface area contributed by atoms with E-state index >= 15 is 0 Å². The molecule has 2 nitrogen and oxygen atoms in total. The zero-order valence-corrected chi connectivity index (χ0v) is 17.8. The van der Waals surface area contributed by atoms with Gasteiger partial charge in [0.05, 0.1) is 5.52 Å². The third-order valence-corrected chi connectivity index (χ3v) is 7.31. The lowest BCUT2D eigenvalue weighted by molar-refractivity contribution is -0.121. The van der Waals surface area contributed by atoms with E-state index in [0.29, 0.717) is 22.6 Å². The highest BCUT2D eigenvalue weighted by atomic mass is 35.5. The molecule has 5 rings (SSSR count). The maximum absolute atomic E-state index is 11.7. The van der Waals surface area contributed by atoms with Gasteiger partial charge < -0.3 is 0 Å². The molecule has 0 saturated heterocycles. The van der Waals surface area contributed by atoms with Gasteiger partial charge in [0.25, 0.3) is 0 Å². The van der Waals surface area contributed by atoms with E-state index < -0.39 is 0 Å². The molecule has 2 aliphatic rings. The van der Waals surface area contributed by atoms with E-state index in [-0.39, 0.29) is 0 Å². The maximum Gasteiger partial charge on any atom is 0.132 e. The first kappa shape index (κ1) is 19.1. The molecule has 3 aromatic rings. The minimum Gasteiger partial charge on any atom is -0.300 e. The van der Waals surface area contributed by atoms with Crippen LogP contribution in [0.2, 0.25) is 10.0 Å². The van der Waals surface area contributed by atoms with E-state index in [0.717, 1.165) is 66.4 Å². The molecular weight excluding hydrogens is 401 g/mol. The predicted molar refractivity (Wildman–Crippen MR) is 120 cm³/mol. The van der Waals surface area contributed by atoms with Crippen molar-refractivity contribution >= 4 is 39.9 Å². The van der Waals surface area contributed by atoms with Crippen LogP contribution in [0.15, 0.2) is 42.5 Å². The molecule has 1 aromatic heterocycles. The van der Waals surface area contributed by atoms with Crippen molar-refractivity contribution in [1.29, 1.82) is 0 Å². The van der Waals surface area contributed by atoms with Crippen molar-refractivity contribution in [3.63, 3.8) is 0 Å². The third-order valence-electron chi connectivity index (χ3n) is 6.75. The average Bonchev–Trinajstić information content (AvgIpc) is 2.73. The van der Waals surface area contributed by atoms with E-state index in [1.807, 2.05) is 36.4 Å². The molecule has 4 heteroatoms. The summed E-state index contributed by atoms with van der Waals surface area (Å²) in [6, 6.07) is 14.0. The summed E-state index contributed by atoms with van der Waals surface area (Å²) < 4.78 is 0. The molecule has 2 aromatic carbocycles. The number of Topliss-reactive ketones (excluding diaryl/α,β-unsaturated/α-hetero) is 1. The van der Waals surface area contributed by atoms with Crippen molar-refractivity contribution in [2.75, 3.05) is 0 Å². The smallest absolute Gasteiger partial charge is 0.132 e. The monoisotopic (exact) mass is 423 g/mol. The van der Waals surface area contributed by atoms with Crippen molar-refractivity contribution in [3.8, 4) is 11.1 Å². The first-order valence-electron chi connectivity index (χ1n) is 10.5. The first-order valence-corrected chi connectivity index (χ1v) is 11.2. The molecule has 0 radical (unpaired) electrons. The molecule has 1 atom stereocenters. The van der Waals surface area contributed by atoms with Gasteiger partial charge in [-0.05, 0) is 79.3 Å². The molecule has 2 aliphatic carbocycles. The Balaban J connectivity index is 1.66. The van der Waals surface area contributed by atoms with E-state index in [4.69, 9.17) is 28.2 Å². The van der Waals surface area contributed by atoms with Gasteiger partial charge in [0.1, 0.15) is 5.78 Å². The molecule has 0 spiro atoms. The number of carbonyl (C=O) groups is 1. The van der Waals surface area contributed by atoms with Gasteiger partial charge in [-0.3, -0.25) is 9.78 Å². The van der Waals surface area contributed by atoms with Gasteiger partial charge in [-0.15, -0.1) is 0 Å². The molecule has 0 bridgehead atoms. The number of benzene rings is 2. The second-order valence-corrected chi connectivity index (χ2v) is 9.28. The SMILES string of the molecule is O=C1CCC(C2CCc3nc4ccc(Cl)cc4c(-c4ccccc4Cl)c3C2)CC1. The van der Waals surface area contributed by atoms with Gasteiger partial charge in [-0.25, -0.2) is 0 Å². The fourth-order valence-corrected chi connectivity index (χ4v) is 5.65. The number of fused-ring (bicyclic) bond motifs is 2.